The van der Waals surface area contributed by atoms with E-state index in [2.05, 4.69) is 20.9 Å². The Morgan fingerprint density at radius 3 is 2.38 bits per heavy atom. The summed E-state index contributed by atoms with van der Waals surface area (Å²) in [5, 5.41) is 0. The van der Waals surface area contributed by atoms with E-state index < -0.39 is 5.97 Å². The molecule has 4 heteroatoms. The normalized spacial score (nSPS) is 12.2. The molecule has 1 aromatic rings. The van der Waals surface area contributed by atoms with Crippen molar-refractivity contribution in [3.8, 4) is 0 Å². The topological polar surface area (TPSA) is 26.3 Å². The second-order valence-electron chi connectivity index (χ2n) is 2.60. The summed E-state index contributed by atoms with van der Waals surface area (Å²) in [6.07, 6.45) is 0. The van der Waals surface area contributed by atoms with Gasteiger partial charge in [0, 0.05) is 9.35 Å². The molecule has 0 aromatic heterocycles. The van der Waals surface area contributed by atoms with E-state index >= 15 is 0 Å². The van der Waals surface area contributed by atoms with E-state index in [1.165, 1.54) is 12.1 Å². The number of hydrogen-bond acceptors (Lipinski definition) is 2. The number of benzene rings is 1. The summed E-state index contributed by atoms with van der Waals surface area (Å²) in [6, 6.07) is 6.53. The molecule has 1 aromatic carbocycles. The van der Waals surface area contributed by atoms with E-state index in [1.54, 1.807) is 12.1 Å². The monoisotopic (exact) mass is 246 g/mol. The fraction of sp³-hybridized carbons (Fsp3) is 0.222. The third kappa shape index (κ3) is 2.52. The first-order valence-corrected chi connectivity index (χ1v) is 4.63. The maximum Gasteiger partial charge on any atom is 0.379 e. The van der Waals surface area contributed by atoms with Crippen molar-refractivity contribution < 1.29 is 14.3 Å². The number of carbonyl (C=O) groups is 1. The van der Waals surface area contributed by atoms with Crippen molar-refractivity contribution in [1.29, 1.82) is 0 Å². The zero-order valence-electron chi connectivity index (χ0n) is 6.96. The number of carbonyl (C=O) groups excluding carboxylic acids is 1. The molecule has 13 heavy (non-hydrogen) atoms. The smallest absolute Gasteiger partial charge is 0.249 e. The van der Waals surface area contributed by atoms with Crippen molar-refractivity contribution in [1.82, 2.24) is 0 Å². The Kier molecular flexibility index (Phi) is 3.42. The minimum absolute atomic E-state index is 0.208. The Morgan fingerprint density at radius 1 is 1.46 bits per heavy atom. The molecule has 0 aliphatic carbocycles. The average molecular weight is 247 g/mol. The van der Waals surface area contributed by atoms with Crippen LogP contribution in [0.3, 0.4) is 0 Å². The van der Waals surface area contributed by atoms with Gasteiger partial charge in [0.1, 0.15) is 0 Å². The summed E-state index contributed by atoms with van der Waals surface area (Å²) in [6.45, 7) is 1.96. The van der Waals surface area contributed by atoms with E-state index in [0.29, 0.717) is 0 Å². The molecule has 0 saturated carbocycles. The van der Waals surface area contributed by atoms with E-state index in [-0.39, 0.29) is 10.4 Å². The van der Waals surface area contributed by atoms with E-state index in [1.807, 2.05) is 6.92 Å². The first-order chi connectivity index (χ1) is 6.15. The van der Waals surface area contributed by atoms with Crippen LogP contribution in [0.2, 0.25) is 0 Å². The molecule has 0 fully saturated rings. The summed E-state index contributed by atoms with van der Waals surface area (Å²) in [5.74, 6) is -0.964. The average Bonchev–Trinajstić information content (AvgIpc) is 2.17. The predicted octanol–water partition coefficient (Wildman–Crippen LogP) is 3.18. The fourth-order valence-corrected chi connectivity index (χ4v) is 1.23. The maximum atomic E-state index is 11.5. The highest BCUT2D eigenvalue weighted by Crippen LogP contribution is 2.21. The van der Waals surface area contributed by atoms with Crippen LogP contribution in [0.1, 0.15) is 27.7 Å². The van der Waals surface area contributed by atoms with Crippen LogP contribution in [-0.2, 0) is 4.94 Å². The van der Waals surface area contributed by atoms with E-state index in [9.17, 15) is 9.32 Å². The van der Waals surface area contributed by atoms with Gasteiger partial charge in [0.05, 0.1) is 5.56 Å². The van der Waals surface area contributed by atoms with Gasteiger partial charge in [-0.3, -0.25) is 0 Å². The quantitative estimate of drug-likeness (QED) is 0.750. The minimum atomic E-state index is -0.964. The highest BCUT2D eigenvalue weighted by Gasteiger charge is 2.07. The fourth-order valence-electron chi connectivity index (χ4n) is 0.929. The van der Waals surface area contributed by atoms with E-state index in [0.717, 1.165) is 5.56 Å². The van der Waals surface area contributed by atoms with Gasteiger partial charge in [-0.25, -0.2) is 9.74 Å². The minimum Gasteiger partial charge on any atom is -0.249 e. The Bertz CT molecular complexity index is 295. The Morgan fingerprint density at radius 2 is 2.00 bits per heavy atom. The van der Waals surface area contributed by atoms with Gasteiger partial charge < -0.3 is 0 Å². The van der Waals surface area contributed by atoms with Crippen molar-refractivity contribution in [2.45, 2.75) is 11.8 Å². The molecule has 1 unspecified atom stereocenters. The first-order valence-electron chi connectivity index (χ1n) is 3.72. The number of halogens is 2. The summed E-state index contributed by atoms with van der Waals surface area (Å²) < 4.78 is 11.5. The Balaban J connectivity index is 2.87. The maximum absolute atomic E-state index is 11.5. The summed E-state index contributed by atoms with van der Waals surface area (Å²) in [4.78, 5) is 14.0. The number of hydrogen-bond donors (Lipinski definition) is 0. The van der Waals surface area contributed by atoms with Gasteiger partial charge in [-0.2, -0.15) is 0 Å². The molecule has 0 aliphatic heterocycles. The molecule has 0 saturated heterocycles. The van der Waals surface area contributed by atoms with Gasteiger partial charge in [0.2, 0.25) is 0 Å². The molecular weight excluding hydrogens is 239 g/mol. The molecule has 1 atom stereocenters. The number of alkyl halides is 1. The summed E-state index contributed by atoms with van der Waals surface area (Å²) >= 11 is 3.37. The SMILES string of the molecule is CC(Br)c1ccc(C(=O)OF)cc1. The van der Waals surface area contributed by atoms with Gasteiger partial charge in [0.15, 0.2) is 0 Å². The molecule has 0 spiro atoms. The van der Waals surface area contributed by atoms with E-state index in [4.69, 9.17) is 0 Å². The van der Waals surface area contributed by atoms with Crippen LogP contribution in [0, 0.1) is 0 Å². The summed E-state index contributed by atoms with van der Waals surface area (Å²) in [5.41, 5.74) is 1.23. The number of rotatable bonds is 2. The predicted molar refractivity (Wildman–Crippen MR) is 50.3 cm³/mol. The Hall–Kier alpha value is -0.900. The highest BCUT2D eigenvalue weighted by molar-refractivity contribution is 9.09. The lowest BCUT2D eigenvalue weighted by Crippen LogP contribution is -1.98. The first kappa shape index (κ1) is 10.2. The lowest BCUT2D eigenvalue weighted by Gasteiger charge is -2.02. The van der Waals surface area contributed by atoms with Crippen LogP contribution in [0.4, 0.5) is 4.53 Å². The van der Waals surface area contributed by atoms with Crippen molar-refractivity contribution in [2.24, 2.45) is 0 Å². The van der Waals surface area contributed by atoms with Gasteiger partial charge in [-0.15, -0.1) is 0 Å². The van der Waals surface area contributed by atoms with Crippen LogP contribution in [0.25, 0.3) is 0 Å². The molecular formula is C9H8BrFO2. The molecule has 0 amide bonds. The molecule has 2 nitrogen and oxygen atoms in total. The molecule has 1 rings (SSSR count). The van der Waals surface area contributed by atoms with Crippen molar-refractivity contribution >= 4 is 21.9 Å². The van der Waals surface area contributed by atoms with Crippen molar-refractivity contribution in [3.05, 3.63) is 35.4 Å². The zero-order valence-corrected chi connectivity index (χ0v) is 8.55. The van der Waals surface area contributed by atoms with Gasteiger partial charge >= 0.3 is 5.97 Å². The molecule has 0 N–H and O–H groups in total. The second-order valence-corrected chi connectivity index (χ2v) is 3.98. The van der Waals surface area contributed by atoms with Crippen LogP contribution < -0.4 is 0 Å². The summed E-state index contributed by atoms with van der Waals surface area (Å²) in [7, 11) is 0. The lowest BCUT2D eigenvalue weighted by molar-refractivity contribution is -0.0788. The third-order valence-electron chi connectivity index (χ3n) is 1.68. The standard InChI is InChI=1S/C9H8BrFO2/c1-6(10)7-2-4-8(5-3-7)9(12)13-11/h2-6H,1H3. The molecule has 0 aliphatic rings. The van der Waals surface area contributed by atoms with Crippen LogP contribution in [0.15, 0.2) is 24.3 Å². The van der Waals surface area contributed by atoms with Crippen LogP contribution >= 0.6 is 15.9 Å². The molecule has 0 radical (unpaired) electrons. The van der Waals surface area contributed by atoms with Crippen LogP contribution in [0.5, 0.6) is 0 Å². The van der Waals surface area contributed by atoms with Gasteiger partial charge in [-0.05, 0) is 24.6 Å². The zero-order chi connectivity index (χ0) is 9.84. The van der Waals surface area contributed by atoms with Crippen molar-refractivity contribution in [2.75, 3.05) is 0 Å². The van der Waals surface area contributed by atoms with Gasteiger partial charge in [0.25, 0.3) is 0 Å². The molecule has 0 heterocycles. The van der Waals surface area contributed by atoms with Crippen molar-refractivity contribution in [3.63, 3.8) is 0 Å². The molecule has 0 bridgehead atoms. The second kappa shape index (κ2) is 4.37. The van der Waals surface area contributed by atoms with Crippen LogP contribution in [-0.4, -0.2) is 5.97 Å². The lowest BCUT2D eigenvalue weighted by atomic mass is 10.1. The highest BCUT2D eigenvalue weighted by atomic mass is 79.9. The molecule has 70 valence electrons. The largest absolute Gasteiger partial charge is 0.379 e. The third-order valence-corrected chi connectivity index (χ3v) is 2.20. The Labute approximate surface area is 83.7 Å². The van der Waals surface area contributed by atoms with Gasteiger partial charge in [-0.1, -0.05) is 28.1 Å².